The third-order valence-corrected chi connectivity index (χ3v) is 6.57. The first kappa shape index (κ1) is 19.0. The number of benzene rings is 1. The van der Waals surface area contributed by atoms with Crippen LogP contribution >= 0.6 is 0 Å². The molecule has 0 aliphatic heterocycles. The van der Waals surface area contributed by atoms with Gasteiger partial charge < -0.3 is 20.4 Å². The number of rotatable bonds is 6. The van der Waals surface area contributed by atoms with Crippen LogP contribution < -0.4 is 15.8 Å². The van der Waals surface area contributed by atoms with Crippen molar-refractivity contribution in [2.45, 2.75) is 50.6 Å². The lowest BCUT2D eigenvalue weighted by Crippen LogP contribution is -2.27. The SMILES string of the molecule is Nc1c(-c2cnc(NC3CCC3)nc2)n(C2CCC2)c2cc(Oc3ncccn3)ccc12. The summed E-state index contributed by atoms with van der Waals surface area (Å²) in [6, 6.07) is 8.93. The monoisotopic (exact) mass is 427 g/mol. The second kappa shape index (κ2) is 7.78. The van der Waals surface area contributed by atoms with Gasteiger partial charge in [0, 0.05) is 53.9 Å². The number of anilines is 2. The van der Waals surface area contributed by atoms with Crippen molar-refractivity contribution in [3.8, 4) is 23.0 Å². The Morgan fingerprint density at radius 3 is 2.38 bits per heavy atom. The van der Waals surface area contributed by atoms with Crippen molar-refractivity contribution in [3.63, 3.8) is 0 Å². The second-order valence-electron chi connectivity index (χ2n) is 8.60. The number of nitrogens with zero attached hydrogens (tertiary/aromatic N) is 5. The average Bonchev–Trinajstić information content (AvgIpc) is 3.02. The molecule has 8 nitrogen and oxygen atoms in total. The smallest absolute Gasteiger partial charge is 0.321 e. The van der Waals surface area contributed by atoms with E-state index >= 15 is 0 Å². The summed E-state index contributed by atoms with van der Waals surface area (Å²) in [4.78, 5) is 17.5. The second-order valence-corrected chi connectivity index (χ2v) is 8.60. The van der Waals surface area contributed by atoms with Crippen LogP contribution in [0.4, 0.5) is 11.6 Å². The van der Waals surface area contributed by atoms with Crippen LogP contribution in [0.2, 0.25) is 0 Å². The van der Waals surface area contributed by atoms with E-state index in [1.165, 1.54) is 25.7 Å². The van der Waals surface area contributed by atoms with E-state index in [1.54, 1.807) is 18.5 Å². The number of nitrogen functional groups attached to an aromatic ring is 1. The van der Waals surface area contributed by atoms with Crippen LogP contribution in [0, 0.1) is 0 Å². The van der Waals surface area contributed by atoms with Gasteiger partial charge in [-0.2, -0.15) is 0 Å². The van der Waals surface area contributed by atoms with Crippen molar-refractivity contribution < 1.29 is 4.74 Å². The molecule has 2 fully saturated rings. The van der Waals surface area contributed by atoms with E-state index in [1.807, 2.05) is 30.6 Å². The molecule has 2 aliphatic carbocycles. The van der Waals surface area contributed by atoms with Crippen molar-refractivity contribution in [1.82, 2.24) is 24.5 Å². The van der Waals surface area contributed by atoms with Crippen LogP contribution in [-0.2, 0) is 0 Å². The Morgan fingerprint density at radius 2 is 1.72 bits per heavy atom. The third kappa shape index (κ3) is 3.32. The summed E-state index contributed by atoms with van der Waals surface area (Å²) >= 11 is 0. The summed E-state index contributed by atoms with van der Waals surface area (Å²) in [5, 5.41) is 4.40. The van der Waals surface area contributed by atoms with Gasteiger partial charge in [-0.05, 0) is 56.7 Å². The molecular weight excluding hydrogens is 402 g/mol. The van der Waals surface area contributed by atoms with Gasteiger partial charge in [0.25, 0.3) is 0 Å². The summed E-state index contributed by atoms with van der Waals surface area (Å²) in [6.07, 6.45) is 14.2. The van der Waals surface area contributed by atoms with E-state index in [2.05, 4.69) is 29.8 Å². The van der Waals surface area contributed by atoms with E-state index in [4.69, 9.17) is 10.5 Å². The highest BCUT2D eigenvalue weighted by Crippen LogP contribution is 2.44. The Morgan fingerprint density at radius 1 is 0.969 bits per heavy atom. The lowest BCUT2D eigenvalue weighted by Gasteiger charge is -2.30. The molecular formula is C24H25N7O. The Kier molecular flexibility index (Phi) is 4.63. The minimum Gasteiger partial charge on any atom is -0.424 e. The van der Waals surface area contributed by atoms with Crippen molar-refractivity contribution >= 4 is 22.5 Å². The quantitative estimate of drug-likeness (QED) is 0.448. The topological polar surface area (TPSA) is 104 Å². The van der Waals surface area contributed by atoms with Gasteiger partial charge in [0.2, 0.25) is 5.95 Å². The van der Waals surface area contributed by atoms with Crippen LogP contribution in [0.5, 0.6) is 11.8 Å². The zero-order valence-electron chi connectivity index (χ0n) is 17.7. The minimum absolute atomic E-state index is 0.324. The maximum Gasteiger partial charge on any atom is 0.321 e. The number of nitrogens with one attached hydrogen (secondary N) is 1. The molecule has 0 unspecified atom stereocenters. The first-order chi connectivity index (χ1) is 15.8. The Hall–Kier alpha value is -3.68. The van der Waals surface area contributed by atoms with E-state index in [-0.39, 0.29) is 0 Å². The molecule has 4 aromatic rings. The zero-order chi connectivity index (χ0) is 21.5. The molecule has 32 heavy (non-hydrogen) atoms. The maximum absolute atomic E-state index is 6.68. The molecule has 2 aliphatic rings. The minimum atomic E-state index is 0.324. The normalized spacial score (nSPS) is 16.5. The van der Waals surface area contributed by atoms with Crippen molar-refractivity contribution in [2.75, 3.05) is 11.1 Å². The highest BCUT2D eigenvalue weighted by atomic mass is 16.5. The molecule has 0 atom stereocenters. The van der Waals surface area contributed by atoms with Gasteiger partial charge in [-0.15, -0.1) is 0 Å². The Labute approximate surface area is 185 Å². The van der Waals surface area contributed by atoms with Gasteiger partial charge in [-0.1, -0.05) is 0 Å². The fourth-order valence-electron chi connectivity index (χ4n) is 4.40. The summed E-state index contributed by atoms with van der Waals surface area (Å²) in [7, 11) is 0. The number of hydrogen-bond acceptors (Lipinski definition) is 7. The molecule has 3 aromatic heterocycles. The average molecular weight is 428 g/mol. The highest BCUT2D eigenvalue weighted by Gasteiger charge is 2.27. The molecule has 0 bridgehead atoms. The summed E-state index contributed by atoms with van der Waals surface area (Å²) < 4.78 is 8.23. The molecule has 3 N–H and O–H groups in total. The van der Waals surface area contributed by atoms with Gasteiger partial charge in [-0.25, -0.2) is 19.9 Å². The number of hydrogen-bond donors (Lipinski definition) is 2. The van der Waals surface area contributed by atoms with E-state index in [9.17, 15) is 0 Å². The molecule has 6 rings (SSSR count). The number of fused-ring (bicyclic) bond motifs is 1. The molecule has 0 radical (unpaired) electrons. The van der Waals surface area contributed by atoms with Crippen LogP contribution in [-0.4, -0.2) is 30.5 Å². The van der Waals surface area contributed by atoms with E-state index in [0.29, 0.717) is 29.8 Å². The largest absolute Gasteiger partial charge is 0.424 e. The van der Waals surface area contributed by atoms with E-state index in [0.717, 1.165) is 40.7 Å². The first-order valence-electron chi connectivity index (χ1n) is 11.2. The first-order valence-corrected chi connectivity index (χ1v) is 11.2. The number of ether oxygens (including phenoxy) is 1. The summed E-state index contributed by atoms with van der Waals surface area (Å²) in [6.45, 7) is 0. The van der Waals surface area contributed by atoms with Gasteiger partial charge >= 0.3 is 6.01 Å². The molecule has 162 valence electrons. The standard InChI is InChI=1S/C24H25N7O/c25-21-19-9-8-18(32-24-26-10-3-11-27-24)12-20(19)31(17-6-2-7-17)22(21)15-13-28-23(29-14-15)30-16-4-1-5-16/h3,8-14,16-17H,1-2,4-7,25H2,(H,28,29,30). The predicted molar refractivity (Wildman–Crippen MR) is 124 cm³/mol. The fourth-order valence-corrected chi connectivity index (χ4v) is 4.40. The van der Waals surface area contributed by atoms with Crippen molar-refractivity contribution in [1.29, 1.82) is 0 Å². The lowest BCUT2D eigenvalue weighted by atomic mass is 9.92. The predicted octanol–water partition coefficient (Wildman–Crippen LogP) is 4.95. The lowest BCUT2D eigenvalue weighted by molar-refractivity contribution is 0.324. The molecule has 0 saturated heterocycles. The number of aromatic nitrogens is 5. The molecule has 8 heteroatoms. The number of nitrogens with two attached hydrogens (primary N) is 1. The molecule has 1 aromatic carbocycles. The van der Waals surface area contributed by atoms with Gasteiger partial charge in [0.15, 0.2) is 0 Å². The fraction of sp³-hybridized carbons (Fsp3) is 0.333. The maximum atomic E-state index is 6.68. The van der Waals surface area contributed by atoms with Crippen molar-refractivity contribution in [2.24, 2.45) is 0 Å². The highest BCUT2D eigenvalue weighted by molar-refractivity contribution is 6.01. The van der Waals surface area contributed by atoms with Crippen LogP contribution in [0.25, 0.3) is 22.2 Å². The van der Waals surface area contributed by atoms with Crippen LogP contribution in [0.1, 0.15) is 44.6 Å². The van der Waals surface area contributed by atoms with Gasteiger partial charge in [0.05, 0.1) is 16.9 Å². The molecule has 0 amide bonds. The van der Waals surface area contributed by atoms with Crippen LogP contribution in [0.3, 0.4) is 0 Å². The molecule has 2 saturated carbocycles. The van der Waals surface area contributed by atoms with Crippen molar-refractivity contribution in [3.05, 3.63) is 49.1 Å². The third-order valence-electron chi connectivity index (χ3n) is 6.57. The Balaban J connectivity index is 1.40. The van der Waals surface area contributed by atoms with Gasteiger partial charge in [-0.3, -0.25) is 0 Å². The molecule has 0 spiro atoms. The zero-order valence-corrected chi connectivity index (χ0v) is 17.7. The van der Waals surface area contributed by atoms with Gasteiger partial charge in [0.1, 0.15) is 5.75 Å². The van der Waals surface area contributed by atoms with E-state index < -0.39 is 0 Å². The summed E-state index contributed by atoms with van der Waals surface area (Å²) in [5.41, 5.74) is 10.4. The van der Waals surface area contributed by atoms with Crippen LogP contribution in [0.15, 0.2) is 49.1 Å². The Bertz CT molecular complexity index is 1250. The molecule has 3 heterocycles. The summed E-state index contributed by atoms with van der Waals surface area (Å²) in [5.74, 6) is 1.37.